The van der Waals surface area contributed by atoms with Crippen LogP contribution >= 0.6 is 0 Å². The largest absolute Gasteiger partial charge is 0.355 e. The van der Waals surface area contributed by atoms with E-state index in [9.17, 15) is 9.59 Å². The van der Waals surface area contributed by atoms with Gasteiger partial charge in [-0.25, -0.2) is 0 Å². The molecular formula is C17H20N2O2. The van der Waals surface area contributed by atoms with Gasteiger partial charge in [0, 0.05) is 30.1 Å². The molecule has 0 aliphatic heterocycles. The van der Waals surface area contributed by atoms with E-state index in [4.69, 9.17) is 6.42 Å². The number of nitrogens with one attached hydrogen (secondary N) is 2. The summed E-state index contributed by atoms with van der Waals surface area (Å²) in [4.78, 5) is 23.6. The zero-order valence-electron chi connectivity index (χ0n) is 12.0. The third-order valence-corrected chi connectivity index (χ3v) is 3.69. The van der Waals surface area contributed by atoms with E-state index in [0.717, 1.165) is 31.2 Å². The summed E-state index contributed by atoms with van der Waals surface area (Å²) in [6.07, 6.45) is 9.77. The summed E-state index contributed by atoms with van der Waals surface area (Å²) in [6.45, 7) is 0.371. The van der Waals surface area contributed by atoms with Crippen LogP contribution in [0.25, 0.3) is 0 Å². The van der Waals surface area contributed by atoms with Gasteiger partial charge in [-0.3, -0.25) is 9.59 Å². The molecule has 2 amide bonds. The van der Waals surface area contributed by atoms with Gasteiger partial charge in [-0.15, -0.1) is 6.42 Å². The maximum atomic E-state index is 11.8. The normalized spacial score (nSPS) is 14.4. The molecule has 2 rings (SSSR count). The van der Waals surface area contributed by atoms with Crippen LogP contribution in [-0.4, -0.2) is 18.4 Å². The zero-order valence-corrected chi connectivity index (χ0v) is 12.0. The van der Waals surface area contributed by atoms with Crippen molar-refractivity contribution in [2.75, 3.05) is 11.9 Å². The molecule has 1 aliphatic rings. The lowest BCUT2D eigenvalue weighted by atomic mass is 10.1. The Labute approximate surface area is 125 Å². The summed E-state index contributed by atoms with van der Waals surface area (Å²) in [6, 6.07) is 7.13. The van der Waals surface area contributed by atoms with Gasteiger partial charge < -0.3 is 10.6 Å². The highest BCUT2D eigenvalue weighted by molar-refractivity contribution is 5.91. The Morgan fingerprint density at radius 1 is 1.29 bits per heavy atom. The highest BCUT2D eigenvalue weighted by Gasteiger charge is 2.22. The van der Waals surface area contributed by atoms with Crippen molar-refractivity contribution < 1.29 is 9.59 Å². The first-order chi connectivity index (χ1) is 10.2. The minimum atomic E-state index is -0.129. The van der Waals surface area contributed by atoms with Crippen LogP contribution in [0.3, 0.4) is 0 Å². The SMILES string of the molecule is C#Cc1cccc(NC(=O)CCNC(=O)C2CCCC2)c1. The van der Waals surface area contributed by atoms with E-state index >= 15 is 0 Å². The molecule has 0 unspecified atom stereocenters. The molecular weight excluding hydrogens is 264 g/mol. The molecule has 1 fully saturated rings. The second-order valence-corrected chi connectivity index (χ2v) is 5.30. The first-order valence-electron chi connectivity index (χ1n) is 7.33. The number of benzene rings is 1. The Morgan fingerprint density at radius 3 is 2.76 bits per heavy atom. The van der Waals surface area contributed by atoms with Crippen molar-refractivity contribution in [3.8, 4) is 12.3 Å². The third kappa shape index (κ3) is 4.64. The standard InChI is InChI=1S/C17H20N2O2/c1-2-13-6-5-9-15(12-13)19-16(20)10-11-18-17(21)14-7-3-4-8-14/h1,5-6,9,12,14H,3-4,7-8,10-11H2,(H,18,21)(H,19,20). The van der Waals surface area contributed by atoms with E-state index < -0.39 is 0 Å². The lowest BCUT2D eigenvalue weighted by Gasteiger charge is -2.10. The van der Waals surface area contributed by atoms with E-state index in [1.807, 2.05) is 0 Å². The minimum absolute atomic E-state index is 0.0784. The highest BCUT2D eigenvalue weighted by atomic mass is 16.2. The Bertz CT molecular complexity index is 554. The number of carbonyl (C=O) groups is 2. The van der Waals surface area contributed by atoms with Crippen molar-refractivity contribution in [3.05, 3.63) is 29.8 Å². The number of rotatable bonds is 5. The van der Waals surface area contributed by atoms with Gasteiger partial charge >= 0.3 is 0 Å². The Morgan fingerprint density at radius 2 is 2.05 bits per heavy atom. The van der Waals surface area contributed by atoms with Crippen molar-refractivity contribution in [3.63, 3.8) is 0 Å². The first-order valence-corrected chi connectivity index (χ1v) is 7.33. The zero-order chi connectivity index (χ0) is 15.1. The average Bonchev–Trinajstić information content (AvgIpc) is 3.01. The first kappa shape index (κ1) is 15.1. The number of terminal acetylenes is 1. The second-order valence-electron chi connectivity index (χ2n) is 5.30. The molecule has 1 saturated carbocycles. The molecule has 1 aromatic rings. The number of carbonyl (C=O) groups excluding carboxylic acids is 2. The molecule has 4 nitrogen and oxygen atoms in total. The Balaban J connectivity index is 1.72. The Kier molecular flexibility index (Phi) is 5.39. The summed E-state index contributed by atoms with van der Waals surface area (Å²) in [7, 11) is 0. The van der Waals surface area contributed by atoms with Crippen molar-refractivity contribution >= 4 is 17.5 Å². The van der Waals surface area contributed by atoms with Crippen LogP contribution in [0.15, 0.2) is 24.3 Å². The fourth-order valence-corrected chi connectivity index (χ4v) is 2.54. The molecule has 110 valence electrons. The minimum Gasteiger partial charge on any atom is -0.355 e. The van der Waals surface area contributed by atoms with E-state index in [1.165, 1.54) is 0 Å². The van der Waals surface area contributed by atoms with Crippen molar-refractivity contribution in [1.29, 1.82) is 0 Å². The second kappa shape index (κ2) is 7.49. The van der Waals surface area contributed by atoms with E-state index in [2.05, 4.69) is 16.6 Å². The third-order valence-electron chi connectivity index (χ3n) is 3.69. The number of amides is 2. The molecule has 0 atom stereocenters. The van der Waals surface area contributed by atoms with Crippen LogP contribution in [0, 0.1) is 18.3 Å². The van der Waals surface area contributed by atoms with E-state index in [1.54, 1.807) is 24.3 Å². The van der Waals surface area contributed by atoms with Crippen LogP contribution in [-0.2, 0) is 9.59 Å². The molecule has 0 heterocycles. The van der Waals surface area contributed by atoms with Gasteiger partial charge in [0.15, 0.2) is 0 Å². The van der Waals surface area contributed by atoms with Gasteiger partial charge in [0.2, 0.25) is 11.8 Å². The lowest BCUT2D eigenvalue weighted by Crippen LogP contribution is -2.32. The number of hydrogen-bond acceptors (Lipinski definition) is 2. The fraction of sp³-hybridized carbons (Fsp3) is 0.412. The predicted octanol–water partition coefficient (Wildman–Crippen LogP) is 2.30. The van der Waals surface area contributed by atoms with Gasteiger partial charge in [-0.05, 0) is 31.0 Å². The highest BCUT2D eigenvalue weighted by Crippen LogP contribution is 2.24. The monoisotopic (exact) mass is 284 g/mol. The summed E-state index contributed by atoms with van der Waals surface area (Å²) in [5, 5.41) is 5.61. The van der Waals surface area contributed by atoms with Gasteiger partial charge in [0.05, 0.1) is 0 Å². The molecule has 21 heavy (non-hydrogen) atoms. The molecule has 1 aliphatic carbocycles. The maximum absolute atomic E-state index is 11.8. The quantitative estimate of drug-likeness (QED) is 0.815. The predicted molar refractivity (Wildman–Crippen MR) is 82.6 cm³/mol. The van der Waals surface area contributed by atoms with Crippen LogP contribution in [0.5, 0.6) is 0 Å². The van der Waals surface area contributed by atoms with Gasteiger partial charge in [0.25, 0.3) is 0 Å². The molecule has 1 aromatic carbocycles. The molecule has 0 saturated heterocycles. The van der Waals surface area contributed by atoms with Crippen LogP contribution in [0.4, 0.5) is 5.69 Å². The molecule has 0 spiro atoms. The van der Waals surface area contributed by atoms with Gasteiger partial charge in [0.1, 0.15) is 0 Å². The summed E-state index contributed by atoms with van der Waals surface area (Å²) in [5.41, 5.74) is 1.40. The van der Waals surface area contributed by atoms with Gasteiger partial charge in [-0.2, -0.15) is 0 Å². The van der Waals surface area contributed by atoms with Crippen LogP contribution in [0.2, 0.25) is 0 Å². The summed E-state index contributed by atoms with van der Waals surface area (Å²) in [5.74, 6) is 2.61. The summed E-state index contributed by atoms with van der Waals surface area (Å²) < 4.78 is 0. The fourth-order valence-electron chi connectivity index (χ4n) is 2.54. The van der Waals surface area contributed by atoms with Gasteiger partial charge in [-0.1, -0.05) is 24.8 Å². The molecule has 0 radical (unpaired) electrons. The maximum Gasteiger partial charge on any atom is 0.226 e. The molecule has 0 aromatic heterocycles. The molecule has 0 bridgehead atoms. The van der Waals surface area contributed by atoms with Crippen molar-refractivity contribution in [1.82, 2.24) is 5.32 Å². The van der Waals surface area contributed by atoms with E-state index in [-0.39, 0.29) is 24.2 Å². The van der Waals surface area contributed by atoms with Crippen molar-refractivity contribution in [2.24, 2.45) is 5.92 Å². The number of anilines is 1. The summed E-state index contributed by atoms with van der Waals surface area (Å²) >= 11 is 0. The lowest BCUT2D eigenvalue weighted by molar-refractivity contribution is -0.124. The average molecular weight is 284 g/mol. The molecule has 2 N–H and O–H groups in total. The number of hydrogen-bond donors (Lipinski definition) is 2. The smallest absolute Gasteiger partial charge is 0.226 e. The van der Waals surface area contributed by atoms with E-state index in [0.29, 0.717) is 12.2 Å². The topological polar surface area (TPSA) is 58.2 Å². The molecule has 4 heteroatoms. The van der Waals surface area contributed by atoms with Crippen LogP contribution in [0.1, 0.15) is 37.7 Å². The Hall–Kier alpha value is -2.28. The van der Waals surface area contributed by atoms with Crippen molar-refractivity contribution in [2.45, 2.75) is 32.1 Å². The van der Waals surface area contributed by atoms with Crippen LogP contribution < -0.4 is 10.6 Å².